The number of hydrogen-bond acceptors (Lipinski definition) is 4. The Kier molecular flexibility index (Phi) is 3.41. The van der Waals surface area contributed by atoms with Crippen LogP contribution in [0.15, 0.2) is 29.2 Å². The average Bonchev–Trinajstić information content (AvgIpc) is 2.16. The van der Waals surface area contributed by atoms with Gasteiger partial charge in [-0.15, -0.1) is 0 Å². The smallest absolute Gasteiger partial charge is 0.303 e. The van der Waals surface area contributed by atoms with E-state index in [1.165, 1.54) is 0 Å². The summed E-state index contributed by atoms with van der Waals surface area (Å²) in [6.45, 7) is 1.11. The molecule has 82 valence electrons. The summed E-state index contributed by atoms with van der Waals surface area (Å²) in [5, 5.41) is 0. The van der Waals surface area contributed by atoms with Crippen molar-refractivity contribution in [1.82, 2.24) is 0 Å². The van der Waals surface area contributed by atoms with Crippen molar-refractivity contribution in [1.29, 1.82) is 0 Å². The molecule has 0 atom stereocenters. The minimum atomic E-state index is -3.68. The zero-order chi connectivity index (χ0) is 11.5. The molecule has 0 N–H and O–H groups in total. The number of carbonyl (C=O) groups excluding carboxylic acids is 1. The summed E-state index contributed by atoms with van der Waals surface area (Å²) in [7, 11) is -3.68. The fraction of sp³-hybridized carbons (Fsp3) is 0.222. The monoisotopic (exact) mass is 232 g/mol. The van der Waals surface area contributed by atoms with Gasteiger partial charge < -0.3 is 4.74 Å². The lowest BCUT2D eigenvalue weighted by Gasteiger charge is -2.03. The van der Waals surface area contributed by atoms with Crippen LogP contribution in [-0.2, 0) is 19.4 Å². The van der Waals surface area contributed by atoms with E-state index in [1.807, 2.05) is 0 Å². The first-order valence-electron chi connectivity index (χ1n) is 4.03. The van der Waals surface area contributed by atoms with Crippen LogP contribution in [0.25, 0.3) is 0 Å². The molecule has 0 saturated heterocycles. The lowest BCUT2D eigenvalue weighted by molar-refractivity contribution is -0.138. The van der Waals surface area contributed by atoms with Gasteiger partial charge >= 0.3 is 5.97 Å². The molecule has 0 aromatic heterocycles. The summed E-state index contributed by atoms with van der Waals surface area (Å²) in [6, 6.07) is 4.30. The Balaban J connectivity index is 2.87. The van der Waals surface area contributed by atoms with Crippen molar-refractivity contribution in [3.05, 3.63) is 30.1 Å². The Morgan fingerprint density at radius 2 is 1.87 bits per heavy atom. The van der Waals surface area contributed by atoms with Crippen molar-refractivity contribution >= 4 is 15.8 Å². The summed E-state index contributed by atoms with van der Waals surface area (Å²) in [6.07, 6.45) is 0. The summed E-state index contributed by atoms with van der Waals surface area (Å²) in [4.78, 5) is 10.4. The molecule has 0 amide bonds. The highest BCUT2D eigenvalue weighted by atomic mass is 32.2. The van der Waals surface area contributed by atoms with E-state index in [4.69, 9.17) is 0 Å². The van der Waals surface area contributed by atoms with Gasteiger partial charge in [-0.2, -0.15) is 0 Å². The molecule has 0 aliphatic heterocycles. The minimum Gasteiger partial charge on any atom is -0.449 e. The average molecular weight is 232 g/mol. The molecule has 1 aromatic rings. The van der Waals surface area contributed by atoms with Crippen molar-refractivity contribution in [2.45, 2.75) is 11.8 Å². The van der Waals surface area contributed by atoms with E-state index >= 15 is 0 Å². The molecule has 0 spiro atoms. The second-order valence-corrected chi connectivity index (χ2v) is 4.76. The third-order valence-electron chi connectivity index (χ3n) is 1.59. The molecule has 0 fully saturated rings. The number of hydrogen-bond donors (Lipinski definition) is 0. The first kappa shape index (κ1) is 11.6. The molecular weight excluding hydrogens is 223 g/mol. The molecule has 4 nitrogen and oxygen atoms in total. The molecule has 0 unspecified atom stereocenters. The maximum Gasteiger partial charge on any atom is 0.303 e. The van der Waals surface area contributed by atoms with Crippen molar-refractivity contribution < 1.29 is 22.3 Å². The number of sulfone groups is 1. The molecule has 0 radical (unpaired) electrons. The van der Waals surface area contributed by atoms with Gasteiger partial charge in [-0.3, -0.25) is 4.79 Å². The second kappa shape index (κ2) is 4.39. The van der Waals surface area contributed by atoms with Gasteiger partial charge in [-0.05, 0) is 24.3 Å². The Morgan fingerprint density at radius 1 is 1.33 bits per heavy atom. The molecule has 1 rings (SSSR count). The van der Waals surface area contributed by atoms with Gasteiger partial charge in [0, 0.05) is 6.92 Å². The van der Waals surface area contributed by atoms with Gasteiger partial charge in [0.05, 0.1) is 4.90 Å². The standard InChI is InChI=1S/C9H9FO4S/c1-7(11)14-6-15(12,13)9-4-2-8(10)3-5-9/h2-5H,6H2,1H3. The maximum atomic E-state index is 12.5. The molecule has 15 heavy (non-hydrogen) atoms. The van der Waals surface area contributed by atoms with E-state index in [-0.39, 0.29) is 4.90 Å². The number of benzene rings is 1. The van der Waals surface area contributed by atoms with Gasteiger partial charge in [0.2, 0.25) is 9.84 Å². The van der Waals surface area contributed by atoms with Crippen LogP contribution < -0.4 is 0 Å². The van der Waals surface area contributed by atoms with E-state index < -0.39 is 27.6 Å². The molecule has 1 aromatic carbocycles. The third-order valence-corrected chi connectivity index (χ3v) is 3.01. The fourth-order valence-corrected chi connectivity index (χ4v) is 1.88. The van der Waals surface area contributed by atoms with Crippen LogP contribution in [0.2, 0.25) is 0 Å². The number of carbonyl (C=O) groups is 1. The van der Waals surface area contributed by atoms with Crippen LogP contribution in [0.3, 0.4) is 0 Å². The number of ether oxygens (including phenoxy) is 1. The van der Waals surface area contributed by atoms with Crippen molar-refractivity contribution in [3.63, 3.8) is 0 Å². The van der Waals surface area contributed by atoms with Crippen LogP contribution in [0.5, 0.6) is 0 Å². The summed E-state index contributed by atoms with van der Waals surface area (Å²) < 4.78 is 39.8. The number of halogens is 1. The number of esters is 1. The second-order valence-electron chi connectivity index (χ2n) is 2.82. The van der Waals surface area contributed by atoms with Gasteiger partial charge in [-0.1, -0.05) is 0 Å². The Hall–Kier alpha value is -1.43. The predicted octanol–water partition coefficient (Wildman–Crippen LogP) is 1.12. The SMILES string of the molecule is CC(=O)OCS(=O)(=O)c1ccc(F)cc1. The van der Waals surface area contributed by atoms with E-state index in [2.05, 4.69) is 4.74 Å². The Labute approximate surface area is 86.6 Å². The van der Waals surface area contributed by atoms with E-state index in [9.17, 15) is 17.6 Å². The van der Waals surface area contributed by atoms with E-state index in [0.29, 0.717) is 0 Å². The largest absolute Gasteiger partial charge is 0.449 e. The van der Waals surface area contributed by atoms with Crippen LogP contribution in [0.1, 0.15) is 6.92 Å². The Morgan fingerprint density at radius 3 is 2.33 bits per heavy atom. The highest BCUT2D eigenvalue weighted by Crippen LogP contribution is 2.11. The van der Waals surface area contributed by atoms with Crippen LogP contribution in [-0.4, -0.2) is 20.3 Å². The lowest BCUT2D eigenvalue weighted by atomic mass is 10.4. The highest BCUT2D eigenvalue weighted by molar-refractivity contribution is 7.91. The number of rotatable bonds is 3. The summed E-state index contributed by atoms with van der Waals surface area (Å²) >= 11 is 0. The molecule has 0 bridgehead atoms. The van der Waals surface area contributed by atoms with Gasteiger partial charge in [0.1, 0.15) is 5.82 Å². The minimum absolute atomic E-state index is 0.0786. The molecule has 0 aliphatic rings. The van der Waals surface area contributed by atoms with E-state index in [0.717, 1.165) is 31.2 Å². The Bertz CT molecular complexity index is 450. The molecule has 0 saturated carbocycles. The lowest BCUT2D eigenvalue weighted by Crippen LogP contribution is -2.12. The van der Waals surface area contributed by atoms with Crippen LogP contribution >= 0.6 is 0 Å². The zero-order valence-electron chi connectivity index (χ0n) is 7.94. The normalized spacial score (nSPS) is 11.1. The van der Waals surface area contributed by atoms with Crippen LogP contribution in [0.4, 0.5) is 4.39 Å². The summed E-state index contributed by atoms with van der Waals surface area (Å²) in [5.74, 6) is -1.93. The van der Waals surface area contributed by atoms with Crippen molar-refractivity contribution in [2.75, 3.05) is 5.94 Å². The zero-order valence-corrected chi connectivity index (χ0v) is 8.75. The van der Waals surface area contributed by atoms with E-state index in [1.54, 1.807) is 0 Å². The third kappa shape index (κ3) is 3.32. The topological polar surface area (TPSA) is 60.4 Å². The molecule has 0 heterocycles. The first-order valence-corrected chi connectivity index (χ1v) is 5.69. The van der Waals surface area contributed by atoms with Gasteiger partial charge in [0.25, 0.3) is 0 Å². The van der Waals surface area contributed by atoms with Crippen LogP contribution in [0, 0.1) is 5.82 Å². The molecular formula is C9H9FO4S. The van der Waals surface area contributed by atoms with Crippen molar-refractivity contribution in [2.24, 2.45) is 0 Å². The quantitative estimate of drug-likeness (QED) is 0.578. The fourth-order valence-electron chi connectivity index (χ4n) is 0.871. The molecule has 6 heteroatoms. The first-order chi connectivity index (χ1) is 6.92. The summed E-state index contributed by atoms with van der Waals surface area (Å²) in [5.41, 5.74) is 0. The predicted molar refractivity (Wildman–Crippen MR) is 50.2 cm³/mol. The van der Waals surface area contributed by atoms with Crippen molar-refractivity contribution in [3.8, 4) is 0 Å². The van der Waals surface area contributed by atoms with Gasteiger partial charge in [0.15, 0.2) is 5.94 Å². The highest BCUT2D eigenvalue weighted by Gasteiger charge is 2.15. The maximum absolute atomic E-state index is 12.5. The molecule has 0 aliphatic carbocycles. The van der Waals surface area contributed by atoms with Gasteiger partial charge in [-0.25, -0.2) is 12.8 Å².